The summed E-state index contributed by atoms with van der Waals surface area (Å²) in [7, 11) is 6.28. The Balaban J connectivity index is 0.000000301. The smallest absolute Gasteiger partial charge is 0.291 e. The van der Waals surface area contributed by atoms with Crippen molar-refractivity contribution in [1.29, 1.82) is 0 Å². The zero-order chi connectivity index (χ0) is 35.2. The molecular weight excluding hydrogens is 777 g/mol. The van der Waals surface area contributed by atoms with E-state index >= 15 is 0 Å². The molecule has 0 aliphatic rings. The molecule has 2 aromatic carbocycles. The van der Waals surface area contributed by atoms with Crippen LogP contribution in [0, 0.1) is 27.2 Å². The maximum atomic E-state index is 12.3. The third-order valence-corrected chi connectivity index (χ3v) is 6.57. The van der Waals surface area contributed by atoms with Crippen LogP contribution < -0.4 is 23.7 Å². The molecule has 17 heteroatoms. The normalized spacial score (nSPS) is 9.84. The topological polar surface area (TPSA) is 186 Å². The van der Waals surface area contributed by atoms with Crippen LogP contribution in [0.5, 0.6) is 23.0 Å². The van der Waals surface area contributed by atoms with E-state index in [9.17, 15) is 5.21 Å². The summed E-state index contributed by atoms with van der Waals surface area (Å²) in [5.74, 6) is 8.48. The van der Waals surface area contributed by atoms with E-state index in [0.717, 1.165) is 21.1 Å². The molecule has 5 aromatic rings. The maximum absolute atomic E-state index is 12.3. The van der Waals surface area contributed by atoms with Crippen LogP contribution in [0.1, 0.15) is 16.7 Å². The molecule has 0 saturated heterocycles. The van der Waals surface area contributed by atoms with Crippen LogP contribution in [-0.2, 0) is 22.4 Å². The van der Waals surface area contributed by atoms with Crippen LogP contribution >= 0.6 is 23.2 Å². The number of hydrogen-bond acceptors (Lipinski definition) is 11. The maximum Gasteiger partial charge on any atom is 0.291 e. The largest absolute Gasteiger partial charge is 0.618 e. The molecule has 3 aromatic heterocycles. The van der Waals surface area contributed by atoms with Crippen LogP contribution in [0.4, 0.5) is 0 Å². The number of nitrogens with zero attached hydrogens (tertiary/aromatic N) is 5. The number of ether oxygens (including phenoxy) is 4. The molecule has 0 saturated carbocycles. The average Bonchev–Trinajstić information content (AvgIpc) is 3.07. The molecule has 0 unspecified atom stereocenters. The number of fused-ring (bicyclic) bond motifs is 1. The number of hydrogen-bond donors (Lipinski definition) is 2. The zero-order valence-electron chi connectivity index (χ0n) is 26.1. The van der Waals surface area contributed by atoms with E-state index in [2.05, 4.69) is 27.0 Å². The van der Waals surface area contributed by atoms with Crippen LogP contribution in [0.25, 0.3) is 22.0 Å². The molecule has 1 radical (unpaired) electrons. The molecule has 0 fully saturated rings. The second-order valence-electron chi connectivity index (χ2n) is 9.15. The van der Waals surface area contributed by atoms with Crippen LogP contribution in [-0.4, -0.2) is 60.1 Å². The van der Waals surface area contributed by atoms with Gasteiger partial charge >= 0.3 is 0 Å². The van der Waals surface area contributed by atoms with Gasteiger partial charge < -0.3 is 34.6 Å². The predicted molar refractivity (Wildman–Crippen MR) is 177 cm³/mol. The van der Waals surface area contributed by atoms with E-state index in [1.54, 1.807) is 89.2 Å². The Kier molecular flexibility index (Phi) is 15.9. The fourth-order valence-corrected chi connectivity index (χ4v) is 4.33. The SMILES string of the molecule is COc1cc(C#Cc2cnc(Cl)cc2/C=N/O)cc(OC)c1.COc1cc(OC)cc(-c2cc3cnc(Cl)cc3c[n+]2[O-])c1.O=[N+]([O-])O.[Ag]. The number of halogens is 2. The molecule has 49 heavy (non-hydrogen) atoms. The monoisotopic (exact) mass is 802 g/mol. The third kappa shape index (κ3) is 12.0. The van der Waals surface area contributed by atoms with Crippen molar-refractivity contribution in [2.24, 2.45) is 5.16 Å². The minimum Gasteiger partial charge on any atom is -0.618 e. The van der Waals surface area contributed by atoms with Gasteiger partial charge in [0.25, 0.3) is 5.09 Å². The van der Waals surface area contributed by atoms with Crippen molar-refractivity contribution in [1.82, 2.24) is 9.97 Å². The van der Waals surface area contributed by atoms with E-state index in [-0.39, 0.29) is 22.4 Å². The van der Waals surface area contributed by atoms with Gasteiger partial charge in [-0.15, -0.1) is 10.1 Å². The van der Waals surface area contributed by atoms with E-state index in [0.29, 0.717) is 55.7 Å². The number of rotatable bonds is 6. The van der Waals surface area contributed by atoms with Crippen molar-refractivity contribution in [3.8, 4) is 46.1 Å². The summed E-state index contributed by atoms with van der Waals surface area (Å²) < 4.78 is 21.7. The Labute approximate surface area is 305 Å². The van der Waals surface area contributed by atoms with Gasteiger partial charge in [0.05, 0.1) is 51.2 Å². The quantitative estimate of drug-likeness (QED) is 0.0243. The standard InChI is InChI=1S/2C16H13ClN2O3.Ag.HNO3/c1-21-13-3-10(4-14(7-13)22-2)15-5-11-8-18-16(17)6-12(11)9-19(15)20;1-21-14-5-11(6-15(8-14)22-2)3-4-12-9-18-16(17)7-13(12)10-19-20;;2-1(3)4/h3-9H,1-2H3;5-10,20H,1-2H3;;(H,2,3,4)/b;19-10+;;. The van der Waals surface area contributed by atoms with Crippen molar-refractivity contribution in [3.63, 3.8) is 0 Å². The first kappa shape index (κ1) is 39.9. The van der Waals surface area contributed by atoms with Crippen LogP contribution in [0.15, 0.2) is 78.3 Å². The number of benzene rings is 2. The van der Waals surface area contributed by atoms with Gasteiger partial charge in [0.15, 0.2) is 6.20 Å². The van der Waals surface area contributed by atoms with Gasteiger partial charge in [-0.3, -0.25) is 0 Å². The van der Waals surface area contributed by atoms with Gasteiger partial charge in [0, 0.05) is 69.5 Å². The molecule has 5 rings (SSSR count). The minimum atomic E-state index is -1.50. The summed E-state index contributed by atoms with van der Waals surface area (Å²) >= 11 is 11.7. The van der Waals surface area contributed by atoms with Crippen LogP contribution in [0.3, 0.4) is 0 Å². The molecule has 0 spiro atoms. The van der Waals surface area contributed by atoms with Crippen LogP contribution in [0.2, 0.25) is 10.3 Å². The van der Waals surface area contributed by atoms with Gasteiger partial charge in [0.2, 0.25) is 5.69 Å². The summed E-state index contributed by atoms with van der Waals surface area (Å²) in [6, 6.07) is 15.6. The fourth-order valence-electron chi connectivity index (χ4n) is 4.00. The molecule has 0 aliphatic heterocycles. The van der Waals surface area contributed by atoms with Crippen molar-refractivity contribution < 1.29 is 61.6 Å². The van der Waals surface area contributed by atoms with Crippen molar-refractivity contribution in [2.45, 2.75) is 0 Å². The number of oxime groups is 1. The molecule has 0 aliphatic carbocycles. The van der Waals surface area contributed by atoms with Gasteiger partial charge in [-0.1, -0.05) is 40.2 Å². The van der Waals surface area contributed by atoms with E-state index in [4.69, 9.17) is 62.7 Å². The number of methoxy groups -OCH3 is 4. The van der Waals surface area contributed by atoms with Gasteiger partial charge in [-0.2, -0.15) is 4.73 Å². The summed E-state index contributed by atoms with van der Waals surface area (Å²) in [5.41, 5.74) is 3.06. The van der Waals surface area contributed by atoms with Crippen molar-refractivity contribution >= 4 is 40.2 Å². The Hall–Kier alpha value is -5.30. The van der Waals surface area contributed by atoms with Gasteiger partial charge in [-0.05, 0) is 36.4 Å². The molecule has 3 heterocycles. The molecule has 259 valence electrons. The summed E-state index contributed by atoms with van der Waals surface area (Å²) in [5, 5.41) is 39.8. The third-order valence-electron chi connectivity index (χ3n) is 6.16. The number of pyridine rings is 3. The molecular formula is C32H27AgCl2N5O9. The van der Waals surface area contributed by atoms with Gasteiger partial charge in [-0.25, -0.2) is 9.97 Å². The second kappa shape index (κ2) is 19.5. The Bertz CT molecular complexity index is 1960. The van der Waals surface area contributed by atoms with E-state index in [1.807, 2.05) is 0 Å². The zero-order valence-corrected chi connectivity index (χ0v) is 29.0. The first-order chi connectivity index (χ1) is 23.0. The Morgan fingerprint density at radius 1 is 0.816 bits per heavy atom. The summed E-state index contributed by atoms with van der Waals surface area (Å²) in [6.07, 6.45) is 5.89. The first-order valence-corrected chi connectivity index (χ1v) is 14.1. The van der Waals surface area contributed by atoms with E-state index in [1.165, 1.54) is 18.6 Å². The van der Waals surface area contributed by atoms with Crippen molar-refractivity contribution in [3.05, 3.63) is 116 Å². The molecule has 14 nitrogen and oxygen atoms in total. The fraction of sp³-hybridized carbons (Fsp3) is 0.125. The molecule has 0 bridgehead atoms. The summed E-state index contributed by atoms with van der Waals surface area (Å²) in [4.78, 5) is 16.4. The Morgan fingerprint density at radius 3 is 1.86 bits per heavy atom. The second-order valence-corrected chi connectivity index (χ2v) is 9.92. The predicted octanol–water partition coefficient (Wildman–Crippen LogP) is 5.82. The molecule has 2 N–H and O–H groups in total. The van der Waals surface area contributed by atoms with Crippen molar-refractivity contribution in [2.75, 3.05) is 28.4 Å². The van der Waals surface area contributed by atoms with Gasteiger partial charge in [0.1, 0.15) is 33.3 Å². The average molecular weight is 804 g/mol. The molecule has 0 atom stereocenters. The molecule has 0 amide bonds. The first-order valence-electron chi connectivity index (χ1n) is 13.3. The Morgan fingerprint density at radius 2 is 1.33 bits per heavy atom. The minimum absolute atomic E-state index is 0. The van der Waals surface area contributed by atoms with E-state index < -0.39 is 5.09 Å². The summed E-state index contributed by atoms with van der Waals surface area (Å²) in [6.45, 7) is 0. The number of aromatic nitrogens is 3.